The van der Waals surface area contributed by atoms with Crippen molar-refractivity contribution in [2.24, 2.45) is 0 Å². The minimum absolute atomic E-state index is 0.487. The zero-order chi connectivity index (χ0) is 12.8. The lowest BCUT2D eigenvalue weighted by molar-refractivity contribution is 0.660. The summed E-state index contributed by atoms with van der Waals surface area (Å²) in [6.45, 7) is 4.15. The number of thioether (sulfide) groups is 1. The van der Waals surface area contributed by atoms with Crippen LogP contribution in [0.4, 0.5) is 11.6 Å². The first kappa shape index (κ1) is 14.1. The number of hydrogen-bond donors (Lipinski definition) is 1. The molecular formula is C12H22N4S. The van der Waals surface area contributed by atoms with Gasteiger partial charge in [-0.1, -0.05) is 0 Å². The van der Waals surface area contributed by atoms with Gasteiger partial charge in [-0.05, 0) is 32.3 Å². The fourth-order valence-corrected chi connectivity index (χ4v) is 2.15. The summed E-state index contributed by atoms with van der Waals surface area (Å²) in [6, 6.07) is 2.48. The Morgan fingerprint density at radius 3 is 2.76 bits per heavy atom. The molecule has 0 radical (unpaired) electrons. The molecule has 1 aromatic heterocycles. The van der Waals surface area contributed by atoms with Gasteiger partial charge in [-0.3, -0.25) is 0 Å². The van der Waals surface area contributed by atoms with E-state index in [4.69, 9.17) is 0 Å². The van der Waals surface area contributed by atoms with Gasteiger partial charge in [-0.2, -0.15) is 11.8 Å². The summed E-state index contributed by atoms with van der Waals surface area (Å²) in [6.07, 6.45) is 3.30. The zero-order valence-electron chi connectivity index (χ0n) is 11.3. The third-order valence-electron chi connectivity index (χ3n) is 2.84. The molecule has 0 amide bonds. The summed E-state index contributed by atoms with van der Waals surface area (Å²) in [5, 5.41) is 3.06. The molecule has 0 bridgehead atoms. The second kappa shape index (κ2) is 6.69. The molecule has 1 N–H and O–H groups in total. The van der Waals surface area contributed by atoms with Gasteiger partial charge >= 0.3 is 0 Å². The molecule has 5 heteroatoms. The minimum atomic E-state index is 0.487. The molecule has 96 valence electrons. The molecule has 0 saturated heterocycles. The van der Waals surface area contributed by atoms with Crippen molar-refractivity contribution in [3.05, 3.63) is 11.9 Å². The summed E-state index contributed by atoms with van der Waals surface area (Å²) in [4.78, 5) is 11.0. The van der Waals surface area contributed by atoms with Crippen molar-refractivity contribution < 1.29 is 0 Å². The quantitative estimate of drug-likeness (QED) is 0.844. The molecule has 0 aliphatic rings. The minimum Gasteiger partial charge on any atom is -0.373 e. The first-order valence-electron chi connectivity index (χ1n) is 5.83. The van der Waals surface area contributed by atoms with E-state index in [0.29, 0.717) is 6.04 Å². The van der Waals surface area contributed by atoms with Crippen molar-refractivity contribution in [1.82, 2.24) is 9.97 Å². The van der Waals surface area contributed by atoms with Crippen LogP contribution in [0.15, 0.2) is 6.07 Å². The van der Waals surface area contributed by atoms with E-state index in [2.05, 4.69) is 40.4 Å². The highest BCUT2D eigenvalue weighted by molar-refractivity contribution is 7.98. The molecule has 0 fully saturated rings. The van der Waals surface area contributed by atoms with Crippen LogP contribution in [0.5, 0.6) is 0 Å². The van der Waals surface area contributed by atoms with Gasteiger partial charge in [0, 0.05) is 26.2 Å². The van der Waals surface area contributed by atoms with Crippen molar-refractivity contribution in [2.45, 2.75) is 26.3 Å². The van der Waals surface area contributed by atoms with Crippen LogP contribution in [0.2, 0.25) is 0 Å². The van der Waals surface area contributed by atoms with Crippen LogP contribution in [0.25, 0.3) is 0 Å². The highest BCUT2D eigenvalue weighted by Gasteiger charge is 2.12. The van der Waals surface area contributed by atoms with Gasteiger partial charge < -0.3 is 10.2 Å². The Morgan fingerprint density at radius 2 is 2.18 bits per heavy atom. The fraction of sp³-hybridized carbons (Fsp3) is 0.667. The molecule has 4 nitrogen and oxygen atoms in total. The first-order valence-corrected chi connectivity index (χ1v) is 7.23. The monoisotopic (exact) mass is 254 g/mol. The van der Waals surface area contributed by atoms with Crippen LogP contribution in [-0.2, 0) is 0 Å². The molecule has 0 aromatic carbocycles. The molecule has 1 heterocycles. The van der Waals surface area contributed by atoms with E-state index in [9.17, 15) is 0 Å². The molecule has 0 aliphatic heterocycles. The van der Waals surface area contributed by atoms with Crippen molar-refractivity contribution in [2.75, 3.05) is 36.3 Å². The van der Waals surface area contributed by atoms with Crippen molar-refractivity contribution >= 4 is 23.4 Å². The topological polar surface area (TPSA) is 41.0 Å². The first-order chi connectivity index (χ1) is 8.08. The Hall–Kier alpha value is -0.970. The Labute approximate surface area is 108 Å². The van der Waals surface area contributed by atoms with E-state index in [1.165, 1.54) is 5.75 Å². The number of aromatic nitrogens is 2. The molecule has 1 aromatic rings. The number of nitrogens with one attached hydrogen (secondary N) is 1. The molecule has 17 heavy (non-hydrogen) atoms. The molecule has 0 saturated carbocycles. The number of rotatable bonds is 6. The van der Waals surface area contributed by atoms with Gasteiger partial charge in [0.25, 0.3) is 0 Å². The van der Waals surface area contributed by atoms with Crippen molar-refractivity contribution in [3.63, 3.8) is 0 Å². The molecular weight excluding hydrogens is 232 g/mol. The molecule has 0 aliphatic carbocycles. The van der Waals surface area contributed by atoms with E-state index in [0.717, 1.165) is 23.9 Å². The molecule has 1 unspecified atom stereocenters. The number of hydrogen-bond acceptors (Lipinski definition) is 5. The van der Waals surface area contributed by atoms with Crippen LogP contribution in [0.1, 0.15) is 19.2 Å². The van der Waals surface area contributed by atoms with E-state index in [1.54, 1.807) is 0 Å². The summed E-state index contributed by atoms with van der Waals surface area (Å²) >= 11 is 1.88. The Morgan fingerprint density at radius 1 is 1.47 bits per heavy atom. The van der Waals surface area contributed by atoms with Crippen LogP contribution < -0.4 is 10.2 Å². The maximum atomic E-state index is 4.48. The van der Waals surface area contributed by atoms with Crippen LogP contribution in [0, 0.1) is 6.92 Å². The predicted octanol–water partition coefficient (Wildman–Crippen LogP) is 2.40. The van der Waals surface area contributed by atoms with Gasteiger partial charge in [0.05, 0.1) is 0 Å². The van der Waals surface area contributed by atoms with Crippen LogP contribution in [0.3, 0.4) is 0 Å². The van der Waals surface area contributed by atoms with E-state index in [1.807, 2.05) is 31.8 Å². The average Bonchev–Trinajstić information content (AvgIpc) is 2.34. The number of aryl methyl sites for hydroxylation is 1. The van der Waals surface area contributed by atoms with E-state index < -0.39 is 0 Å². The second-order valence-corrected chi connectivity index (χ2v) is 5.14. The lowest BCUT2D eigenvalue weighted by Gasteiger charge is -2.26. The van der Waals surface area contributed by atoms with Crippen molar-refractivity contribution in [1.29, 1.82) is 0 Å². The Bertz CT molecular complexity index is 356. The highest BCUT2D eigenvalue weighted by atomic mass is 32.2. The lowest BCUT2D eigenvalue weighted by atomic mass is 10.2. The summed E-state index contributed by atoms with van der Waals surface area (Å²) in [5.41, 5.74) is 0. The largest absolute Gasteiger partial charge is 0.373 e. The SMILES string of the molecule is CNc1cc(N(C)C(C)CCSC)nc(C)n1. The van der Waals surface area contributed by atoms with Gasteiger partial charge in [-0.15, -0.1) is 0 Å². The Balaban J connectivity index is 2.80. The summed E-state index contributed by atoms with van der Waals surface area (Å²) in [7, 11) is 3.97. The highest BCUT2D eigenvalue weighted by Crippen LogP contribution is 2.18. The normalized spacial score (nSPS) is 12.3. The zero-order valence-corrected chi connectivity index (χ0v) is 12.1. The van der Waals surface area contributed by atoms with Gasteiger partial charge in [0.15, 0.2) is 0 Å². The molecule has 0 spiro atoms. The Kier molecular flexibility index (Phi) is 5.55. The summed E-state index contributed by atoms with van der Waals surface area (Å²) in [5.74, 6) is 3.83. The predicted molar refractivity (Wildman–Crippen MR) is 77.2 cm³/mol. The third kappa shape index (κ3) is 4.07. The fourth-order valence-electron chi connectivity index (χ4n) is 1.57. The maximum absolute atomic E-state index is 4.48. The smallest absolute Gasteiger partial charge is 0.134 e. The van der Waals surface area contributed by atoms with Crippen molar-refractivity contribution in [3.8, 4) is 0 Å². The van der Waals surface area contributed by atoms with E-state index in [-0.39, 0.29) is 0 Å². The number of nitrogens with zero attached hydrogens (tertiary/aromatic N) is 3. The van der Waals surface area contributed by atoms with Crippen LogP contribution >= 0.6 is 11.8 Å². The van der Waals surface area contributed by atoms with Crippen LogP contribution in [-0.4, -0.2) is 42.1 Å². The van der Waals surface area contributed by atoms with Gasteiger partial charge in [-0.25, -0.2) is 9.97 Å². The second-order valence-electron chi connectivity index (χ2n) is 4.15. The average molecular weight is 254 g/mol. The lowest BCUT2D eigenvalue weighted by Crippen LogP contribution is -2.30. The summed E-state index contributed by atoms with van der Waals surface area (Å²) < 4.78 is 0. The van der Waals surface area contributed by atoms with Gasteiger partial charge in [0.1, 0.15) is 17.5 Å². The van der Waals surface area contributed by atoms with Gasteiger partial charge in [0.2, 0.25) is 0 Å². The molecule has 1 rings (SSSR count). The molecule has 1 atom stereocenters. The number of anilines is 2. The third-order valence-corrected chi connectivity index (χ3v) is 3.49. The maximum Gasteiger partial charge on any atom is 0.134 e. The standard InChI is InChI=1S/C12H22N4S/c1-9(6-7-17-5)16(4)12-8-11(13-3)14-10(2)15-12/h8-9H,6-7H2,1-5H3,(H,13,14,15). The van der Waals surface area contributed by atoms with E-state index >= 15 is 0 Å².